The van der Waals surface area contributed by atoms with Gasteiger partial charge in [-0.15, -0.1) is 0 Å². The number of ether oxygens (including phenoxy) is 2. The van der Waals surface area contributed by atoms with Crippen LogP contribution in [0.4, 0.5) is 0 Å². The smallest absolute Gasteiger partial charge is 0.243 e. The molecule has 0 radical (unpaired) electrons. The summed E-state index contributed by atoms with van der Waals surface area (Å²) in [7, 11) is 0. The second kappa shape index (κ2) is 4.22. The molecule has 0 saturated heterocycles. The van der Waals surface area contributed by atoms with Crippen LogP contribution in [0.25, 0.3) is 6.08 Å². The number of nitrogens with zero attached hydrogens (tertiary/aromatic N) is 1. The van der Waals surface area contributed by atoms with Crippen LogP contribution < -0.4 is 9.47 Å². The third-order valence-electron chi connectivity index (χ3n) is 2.23. The number of hydrogen-bond acceptors (Lipinski definition) is 4. The number of allylic oxidation sites excluding steroid dienone is 1. The molecule has 5 nitrogen and oxygen atoms in total. The average molecular weight is 221 g/mol. The number of rotatable bonds is 2. The molecule has 0 unspecified atom stereocenters. The fourth-order valence-electron chi connectivity index (χ4n) is 1.44. The van der Waals surface area contributed by atoms with Gasteiger partial charge in [0.1, 0.15) is 13.2 Å². The van der Waals surface area contributed by atoms with E-state index in [2.05, 4.69) is 0 Å². The molecule has 1 aliphatic heterocycles. The molecule has 16 heavy (non-hydrogen) atoms. The molecule has 0 aliphatic carbocycles. The van der Waals surface area contributed by atoms with E-state index in [4.69, 9.17) is 9.47 Å². The molecule has 1 aromatic carbocycles. The van der Waals surface area contributed by atoms with Gasteiger partial charge in [0.15, 0.2) is 11.5 Å². The molecular formula is C11H11NO4. The summed E-state index contributed by atoms with van der Waals surface area (Å²) in [5.41, 5.74) is 0.829. The SMILES string of the molecule is C/C(=C\c1ccc2c(c1)OCCO2)[N+](=O)[O-]. The van der Waals surface area contributed by atoms with Crippen molar-refractivity contribution in [1.29, 1.82) is 0 Å². The molecule has 0 bridgehead atoms. The first-order valence-electron chi connectivity index (χ1n) is 4.89. The van der Waals surface area contributed by atoms with E-state index in [0.717, 1.165) is 5.56 Å². The van der Waals surface area contributed by atoms with Crippen molar-refractivity contribution in [3.05, 3.63) is 39.6 Å². The Morgan fingerprint density at radius 2 is 2.06 bits per heavy atom. The molecule has 2 rings (SSSR count). The Bertz CT molecular complexity index is 453. The lowest BCUT2D eigenvalue weighted by Gasteiger charge is -2.18. The van der Waals surface area contributed by atoms with Crippen LogP contribution in [0.1, 0.15) is 12.5 Å². The fraction of sp³-hybridized carbons (Fsp3) is 0.273. The molecule has 1 aromatic rings. The van der Waals surface area contributed by atoms with Crippen molar-refractivity contribution in [1.82, 2.24) is 0 Å². The van der Waals surface area contributed by atoms with Gasteiger partial charge in [0.2, 0.25) is 5.70 Å². The quantitative estimate of drug-likeness (QED) is 0.566. The molecule has 0 N–H and O–H groups in total. The van der Waals surface area contributed by atoms with Gasteiger partial charge in [-0.2, -0.15) is 0 Å². The van der Waals surface area contributed by atoms with Gasteiger partial charge in [0, 0.05) is 13.0 Å². The standard InChI is InChI=1S/C11H11NO4/c1-8(12(13)14)6-9-2-3-10-11(7-9)16-5-4-15-10/h2-3,6-7H,4-5H2,1H3/b8-6+. The van der Waals surface area contributed by atoms with E-state index >= 15 is 0 Å². The highest BCUT2D eigenvalue weighted by Crippen LogP contribution is 2.31. The van der Waals surface area contributed by atoms with Crippen LogP contribution in [-0.2, 0) is 0 Å². The molecule has 0 fully saturated rings. The van der Waals surface area contributed by atoms with Crippen molar-refractivity contribution in [2.45, 2.75) is 6.92 Å². The molecule has 84 valence electrons. The molecular weight excluding hydrogens is 210 g/mol. The summed E-state index contributed by atoms with van der Waals surface area (Å²) in [6.07, 6.45) is 1.50. The summed E-state index contributed by atoms with van der Waals surface area (Å²) in [5, 5.41) is 10.5. The van der Waals surface area contributed by atoms with Crippen LogP contribution in [0, 0.1) is 10.1 Å². The van der Waals surface area contributed by atoms with Crippen LogP contribution in [-0.4, -0.2) is 18.1 Å². The largest absolute Gasteiger partial charge is 0.486 e. The summed E-state index contributed by atoms with van der Waals surface area (Å²) >= 11 is 0. The van der Waals surface area contributed by atoms with Gasteiger partial charge in [-0.1, -0.05) is 6.07 Å². The Morgan fingerprint density at radius 1 is 1.38 bits per heavy atom. The topological polar surface area (TPSA) is 61.6 Å². The molecule has 0 spiro atoms. The van der Waals surface area contributed by atoms with Gasteiger partial charge < -0.3 is 9.47 Å². The van der Waals surface area contributed by atoms with Crippen LogP contribution in [0.2, 0.25) is 0 Å². The second-order valence-corrected chi connectivity index (χ2v) is 3.45. The minimum Gasteiger partial charge on any atom is -0.486 e. The number of nitro groups is 1. The van der Waals surface area contributed by atoms with E-state index < -0.39 is 4.92 Å². The zero-order chi connectivity index (χ0) is 11.5. The van der Waals surface area contributed by atoms with Gasteiger partial charge >= 0.3 is 0 Å². The van der Waals surface area contributed by atoms with Crippen molar-refractivity contribution in [3.8, 4) is 11.5 Å². The first-order chi connectivity index (χ1) is 7.66. The molecule has 1 aliphatic rings. The Morgan fingerprint density at radius 3 is 2.75 bits per heavy atom. The number of benzene rings is 1. The molecule has 1 heterocycles. The lowest BCUT2D eigenvalue weighted by atomic mass is 10.1. The van der Waals surface area contributed by atoms with E-state index in [-0.39, 0.29) is 5.70 Å². The summed E-state index contributed by atoms with van der Waals surface area (Å²) in [4.78, 5) is 10.1. The first kappa shape index (κ1) is 10.5. The zero-order valence-electron chi connectivity index (χ0n) is 8.80. The van der Waals surface area contributed by atoms with E-state index in [9.17, 15) is 10.1 Å². The lowest BCUT2D eigenvalue weighted by Crippen LogP contribution is -2.15. The predicted molar refractivity (Wildman–Crippen MR) is 58.1 cm³/mol. The van der Waals surface area contributed by atoms with Gasteiger partial charge in [0.05, 0.1) is 4.92 Å². The van der Waals surface area contributed by atoms with E-state index in [1.807, 2.05) is 0 Å². The number of fused-ring (bicyclic) bond motifs is 1. The summed E-state index contributed by atoms with van der Waals surface area (Å²) < 4.78 is 10.7. The molecule has 0 saturated carbocycles. The zero-order valence-corrected chi connectivity index (χ0v) is 8.80. The molecule has 0 aromatic heterocycles. The predicted octanol–water partition coefficient (Wildman–Crippen LogP) is 2.10. The van der Waals surface area contributed by atoms with E-state index in [1.165, 1.54) is 13.0 Å². The summed E-state index contributed by atoms with van der Waals surface area (Å²) in [6.45, 7) is 2.50. The maximum absolute atomic E-state index is 10.5. The molecule has 0 atom stereocenters. The highest BCUT2D eigenvalue weighted by molar-refractivity contribution is 5.57. The normalized spacial score (nSPS) is 14.7. The third-order valence-corrected chi connectivity index (χ3v) is 2.23. The fourth-order valence-corrected chi connectivity index (χ4v) is 1.44. The molecule has 5 heteroatoms. The van der Waals surface area contributed by atoms with Gasteiger partial charge in [0.25, 0.3) is 0 Å². The Balaban J connectivity index is 2.30. The highest BCUT2D eigenvalue weighted by Gasteiger charge is 2.11. The van der Waals surface area contributed by atoms with Crippen molar-refractivity contribution >= 4 is 6.08 Å². The van der Waals surface area contributed by atoms with Crippen molar-refractivity contribution in [3.63, 3.8) is 0 Å². The second-order valence-electron chi connectivity index (χ2n) is 3.45. The maximum atomic E-state index is 10.5. The first-order valence-corrected chi connectivity index (χ1v) is 4.89. The van der Waals surface area contributed by atoms with Crippen LogP contribution >= 0.6 is 0 Å². The van der Waals surface area contributed by atoms with Crippen molar-refractivity contribution < 1.29 is 14.4 Å². The van der Waals surface area contributed by atoms with E-state index in [0.29, 0.717) is 24.7 Å². The molecule has 0 amide bonds. The van der Waals surface area contributed by atoms with Gasteiger partial charge in [-0.05, 0) is 17.7 Å². The minimum atomic E-state index is -0.420. The minimum absolute atomic E-state index is 0.0941. The number of hydrogen-bond donors (Lipinski definition) is 0. The lowest BCUT2D eigenvalue weighted by molar-refractivity contribution is -0.422. The van der Waals surface area contributed by atoms with Gasteiger partial charge in [-0.25, -0.2) is 0 Å². The summed E-state index contributed by atoms with van der Waals surface area (Å²) in [5.74, 6) is 1.32. The Kier molecular flexibility index (Phi) is 2.76. The van der Waals surface area contributed by atoms with E-state index in [1.54, 1.807) is 18.2 Å². The van der Waals surface area contributed by atoms with Crippen molar-refractivity contribution in [2.75, 3.05) is 13.2 Å². The Labute approximate surface area is 92.4 Å². The van der Waals surface area contributed by atoms with Crippen molar-refractivity contribution in [2.24, 2.45) is 0 Å². The van der Waals surface area contributed by atoms with Crippen LogP contribution in [0.5, 0.6) is 11.5 Å². The van der Waals surface area contributed by atoms with Gasteiger partial charge in [-0.3, -0.25) is 10.1 Å². The van der Waals surface area contributed by atoms with Crippen LogP contribution in [0.15, 0.2) is 23.9 Å². The monoisotopic (exact) mass is 221 g/mol. The Hall–Kier alpha value is -2.04. The maximum Gasteiger partial charge on any atom is 0.243 e. The third kappa shape index (κ3) is 2.13. The van der Waals surface area contributed by atoms with Crippen LogP contribution in [0.3, 0.4) is 0 Å². The summed E-state index contributed by atoms with van der Waals surface area (Å²) in [6, 6.07) is 5.26. The highest BCUT2D eigenvalue weighted by atomic mass is 16.6. The average Bonchev–Trinajstić information content (AvgIpc) is 2.28.